The fraction of sp³-hybridized carbons (Fsp3) is 0.0769. The molecular formula is C13H8BrFN2O. The van der Waals surface area contributed by atoms with Crippen LogP contribution in [0.5, 0.6) is 5.75 Å². The molecule has 0 saturated heterocycles. The number of halogens is 2. The summed E-state index contributed by atoms with van der Waals surface area (Å²) in [6.45, 7) is 0.230. The van der Waals surface area contributed by atoms with E-state index >= 15 is 0 Å². The Morgan fingerprint density at radius 2 is 2.17 bits per heavy atom. The van der Waals surface area contributed by atoms with Gasteiger partial charge >= 0.3 is 0 Å². The van der Waals surface area contributed by atoms with Crippen LogP contribution in [0, 0.1) is 17.1 Å². The summed E-state index contributed by atoms with van der Waals surface area (Å²) in [4.78, 5) is 4.07. The Balaban J connectivity index is 2.07. The second-order valence-corrected chi connectivity index (χ2v) is 4.34. The van der Waals surface area contributed by atoms with Crippen LogP contribution in [0.1, 0.15) is 11.4 Å². The highest BCUT2D eigenvalue weighted by atomic mass is 79.9. The lowest BCUT2D eigenvalue weighted by atomic mass is 10.3. The Morgan fingerprint density at radius 3 is 2.89 bits per heavy atom. The van der Waals surface area contributed by atoms with Gasteiger partial charge in [0, 0.05) is 0 Å². The van der Waals surface area contributed by atoms with Crippen LogP contribution in [0.4, 0.5) is 4.39 Å². The van der Waals surface area contributed by atoms with Crippen LogP contribution in [0.15, 0.2) is 40.9 Å². The molecule has 0 spiro atoms. The van der Waals surface area contributed by atoms with Gasteiger partial charge in [-0.25, -0.2) is 9.37 Å². The fourth-order valence-electron chi connectivity index (χ4n) is 1.35. The molecule has 0 aliphatic heterocycles. The third-order valence-electron chi connectivity index (χ3n) is 2.20. The number of benzene rings is 1. The van der Waals surface area contributed by atoms with Crippen molar-refractivity contribution in [3.05, 3.63) is 58.1 Å². The number of rotatable bonds is 3. The first kappa shape index (κ1) is 12.5. The van der Waals surface area contributed by atoms with Gasteiger partial charge in [-0.1, -0.05) is 6.07 Å². The molecule has 0 saturated carbocycles. The van der Waals surface area contributed by atoms with Crippen molar-refractivity contribution < 1.29 is 9.13 Å². The maximum Gasteiger partial charge on any atom is 0.140 e. The maximum absolute atomic E-state index is 13.0. The molecule has 0 unspecified atom stereocenters. The van der Waals surface area contributed by atoms with Crippen LogP contribution in [0.2, 0.25) is 0 Å². The predicted octanol–water partition coefficient (Wildman–Crippen LogP) is 3.43. The zero-order valence-electron chi connectivity index (χ0n) is 9.23. The zero-order valence-corrected chi connectivity index (χ0v) is 10.8. The predicted molar refractivity (Wildman–Crippen MR) is 67.4 cm³/mol. The van der Waals surface area contributed by atoms with Gasteiger partial charge in [-0.2, -0.15) is 5.26 Å². The van der Waals surface area contributed by atoms with E-state index in [-0.39, 0.29) is 12.4 Å². The minimum absolute atomic E-state index is 0.230. The van der Waals surface area contributed by atoms with Crippen molar-refractivity contribution in [2.75, 3.05) is 0 Å². The largest absolute Gasteiger partial charge is 0.487 e. The molecule has 5 heteroatoms. The van der Waals surface area contributed by atoms with Gasteiger partial charge in [0.2, 0.25) is 0 Å². The summed E-state index contributed by atoms with van der Waals surface area (Å²) < 4.78 is 18.8. The second kappa shape index (κ2) is 5.61. The average molecular weight is 307 g/mol. The van der Waals surface area contributed by atoms with E-state index in [2.05, 4.69) is 20.9 Å². The lowest BCUT2D eigenvalue weighted by Gasteiger charge is -2.06. The van der Waals surface area contributed by atoms with Crippen LogP contribution in [0.3, 0.4) is 0 Å². The van der Waals surface area contributed by atoms with Gasteiger partial charge in [-0.3, -0.25) is 0 Å². The van der Waals surface area contributed by atoms with Crippen molar-refractivity contribution in [1.82, 2.24) is 4.98 Å². The molecular weight excluding hydrogens is 299 g/mol. The molecule has 2 aromatic rings. The van der Waals surface area contributed by atoms with E-state index in [4.69, 9.17) is 10.00 Å². The van der Waals surface area contributed by atoms with Gasteiger partial charge in [0.15, 0.2) is 0 Å². The maximum atomic E-state index is 13.0. The van der Waals surface area contributed by atoms with Gasteiger partial charge in [-0.05, 0) is 46.3 Å². The van der Waals surface area contributed by atoms with E-state index in [9.17, 15) is 4.39 Å². The smallest absolute Gasteiger partial charge is 0.140 e. The summed E-state index contributed by atoms with van der Waals surface area (Å²) in [7, 11) is 0. The number of nitrogens with zero attached hydrogens (tertiary/aromatic N) is 2. The number of ether oxygens (including phenoxy) is 1. The lowest BCUT2D eigenvalue weighted by molar-refractivity contribution is 0.300. The van der Waals surface area contributed by atoms with Crippen LogP contribution < -0.4 is 4.74 Å². The molecule has 1 aromatic heterocycles. The molecule has 0 aliphatic carbocycles. The van der Waals surface area contributed by atoms with E-state index in [1.165, 1.54) is 12.1 Å². The van der Waals surface area contributed by atoms with Crippen molar-refractivity contribution in [3.8, 4) is 11.8 Å². The van der Waals surface area contributed by atoms with Crippen LogP contribution >= 0.6 is 15.9 Å². The topological polar surface area (TPSA) is 45.9 Å². The highest BCUT2D eigenvalue weighted by Gasteiger charge is 2.02. The van der Waals surface area contributed by atoms with E-state index in [1.54, 1.807) is 24.3 Å². The van der Waals surface area contributed by atoms with E-state index < -0.39 is 0 Å². The van der Waals surface area contributed by atoms with Gasteiger partial charge in [0.05, 0.1) is 10.2 Å². The molecule has 3 nitrogen and oxygen atoms in total. The summed E-state index contributed by atoms with van der Waals surface area (Å²) in [5.74, 6) is 0.194. The van der Waals surface area contributed by atoms with E-state index in [1.807, 2.05) is 6.07 Å². The Labute approximate surface area is 112 Å². The van der Waals surface area contributed by atoms with Gasteiger partial charge in [-0.15, -0.1) is 0 Å². The normalized spacial score (nSPS) is 9.83. The van der Waals surface area contributed by atoms with Gasteiger partial charge in [0.1, 0.15) is 29.9 Å². The molecule has 0 radical (unpaired) electrons. The molecule has 0 aliphatic rings. The number of nitriles is 1. The molecule has 18 heavy (non-hydrogen) atoms. The summed E-state index contributed by atoms with van der Waals surface area (Å²) in [6.07, 6.45) is 0. The minimum Gasteiger partial charge on any atom is -0.487 e. The second-order valence-electron chi connectivity index (χ2n) is 3.49. The molecule has 0 fully saturated rings. The first-order valence-electron chi connectivity index (χ1n) is 5.13. The van der Waals surface area contributed by atoms with Crippen molar-refractivity contribution in [3.63, 3.8) is 0 Å². The monoisotopic (exact) mass is 306 g/mol. The molecule has 0 N–H and O–H groups in total. The third kappa shape index (κ3) is 3.05. The fourth-order valence-corrected chi connectivity index (χ4v) is 1.70. The molecule has 0 bridgehead atoms. The average Bonchev–Trinajstić information content (AvgIpc) is 2.40. The molecule has 0 amide bonds. The standard InChI is InChI=1S/C13H8BrFN2O/c14-12-6-11(4-5-13(12)15)18-8-10-3-1-2-9(7-16)17-10/h1-6H,8H2. The highest BCUT2D eigenvalue weighted by Crippen LogP contribution is 2.22. The SMILES string of the molecule is N#Cc1cccc(COc2ccc(F)c(Br)c2)n1. The molecule has 2 rings (SSSR count). The quantitative estimate of drug-likeness (QED) is 0.872. The lowest BCUT2D eigenvalue weighted by Crippen LogP contribution is -1.99. The molecule has 1 aromatic carbocycles. The zero-order chi connectivity index (χ0) is 13.0. The van der Waals surface area contributed by atoms with E-state index in [0.29, 0.717) is 21.6 Å². The van der Waals surface area contributed by atoms with Crippen molar-refractivity contribution in [2.24, 2.45) is 0 Å². The summed E-state index contributed by atoms with van der Waals surface area (Å²) in [6, 6.07) is 11.5. The number of hydrogen-bond donors (Lipinski definition) is 0. The Kier molecular flexibility index (Phi) is 3.90. The van der Waals surface area contributed by atoms with Crippen molar-refractivity contribution >= 4 is 15.9 Å². The van der Waals surface area contributed by atoms with E-state index in [0.717, 1.165) is 0 Å². The van der Waals surface area contributed by atoms with Crippen LogP contribution in [-0.4, -0.2) is 4.98 Å². The summed E-state index contributed by atoms with van der Waals surface area (Å²) >= 11 is 3.08. The highest BCUT2D eigenvalue weighted by molar-refractivity contribution is 9.10. The Bertz CT molecular complexity index is 610. The minimum atomic E-state index is -0.341. The van der Waals surface area contributed by atoms with Crippen LogP contribution in [-0.2, 0) is 6.61 Å². The first-order chi connectivity index (χ1) is 8.69. The number of pyridine rings is 1. The first-order valence-corrected chi connectivity index (χ1v) is 5.92. The molecule has 1 heterocycles. The van der Waals surface area contributed by atoms with Crippen molar-refractivity contribution in [1.29, 1.82) is 5.26 Å². The summed E-state index contributed by atoms with van der Waals surface area (Å²) in [5, 5.41) is 8.71. The summed E-state index contributed by atoms with van der Waals surface area (Å²) in [5.41, 5.74) is 0.992. The third-order valence-corrected chi connectivity index (χ3v) is 2.81. The Morgan fingerprint density at radius 1 is 1.33 bits per heavy atom. The van der Waals surface area contributed by atoms with Crippen molar-refractivity contribution in [2.45, 2.75) is 6.61 Å². The number of aromatic nitrogens is 1. The Hall–Kier alpha value is -1.93. The molecule has 0 atom stereocenters. The molecule has 90 valence electrons. The van der Waals surface area contributed by atoms with Crippen LogP contribution in [0.25, 0.3) is 0 Å². The number of hydrogen-bond acceptors (Lipinski definition) is 3. The van der Waals surface area contributed by atoms with Gasteiger partial charge in [0.25, 0.3) is 0 Å². The van der Waals surface area contributed by atoms with Gasteiger partial charge < -0.3 is 4.74 Å².